The van der Waals surface area contributed by atoms with Gasteiger partial charge in [0.25, 0.3) is 0 Å². The molecule has 2 heterocycles. The third-order valence-electron chi connectivity index (χ3n) is 11.0. The molecule has 9 aromatic carbocycles. The number of nitrogens with one attached hydrogen (secondary N) is 2. The second kappa shape index (κ2) is 13.2. The lowest BCUT2D eigenvalue weighted by Crippen LogP contribution is -1.96. The molecule has 0 fully saturated rings. The summed E-state index contributed by atoms with van der Waals surface area (Å²) in [5, 5.41) is 25.4. The molecule has 0 saturated heterocycles. The van der Waals surface area contributed by atoms with Crippen molar-refractivity contribution in [1.82, 2.24) is 0 Å². The Morgan fingerprint density at radius 3 is 1.40 bits per heavy atom. The molecule has 0 spiro atoms. The number of furan rings is 2. The van der Waals surface area contributed by atoms with Crippen LogP contribution in [0.1, 0.15) is 0 Å². The fourth-order valence-electron chi connectivity index (χ4n) is 8.35. The Balaban J connectivity index is 0.929. The number of benzene rings is 9. The van der Waals surface area contributed by atoms with Crippen molar-refractivity contribution in [3.05, 3.63) is 188 Å². The van der Waals surface area contributed by atoms with E-state index >= 15 is 0 Å². The van der Waals surface area contributed by atoms with Crippen LogP contribution in [-0.2, 0) is 0 Å². The van der Waals surface area contributed by atoms with Gasteiger partial charge in [-0.25, -0.2) is 0 Å². The van der Waals surface area contributed by atoms with Gasteiger partial charge in [0.1, 0.15) is 28.1 Å². The van der Waals surface area contributed by atoms with Crippen LogP contribution in [0.2, 0.25) is 0 Å². The van der Waals surface area contributed by atoms with Gasteiger partial charge in [-0.05, 0) is 53.4 Å². The van der Waals surface area contributed by atoms with E-state index < -0.39 is 0 Å². The average Bonchev–Trinajstić information content (AvgIpc) is 3.84. The fraction of sp³-hybridized carbons (Fsp3) is 0. The minimum atomic E-state index is 0.187. The topological polar surface area (TPSA) is 70.6 Å². The standard InChI is InChI=1S/C52H34N2O3/c55-48-31-32(53-45-23-7-3-15-36(45)41-19-11-21-43-39-17-5-9-25-49(39)56-51(41)43)27-28-38(48)34-29-30-47(35-14-2-1-13-33(34)35)54-46-24-8-4-16-37(46)42-20-12-22-44-40-18-6-10-26-50(40)57-52(42)44/h1-31,53-55H. The molecule has 5 nitrogen and oxygen atoms in total. The van der Waals surface area contributed by atoms with Gasteiger partial charge in [0.05, 0.1) is 0 Å². The number of hydrogen-bond donors (Lipinski definition) is 3. The summed E-state index contributed by atoms with van der Waals surface area (Å²) >= 11 is 0. The van der Waals surface area contributed by atoms with Gasteiger partial charge in [0.15, 0.2) is 0 Å². The van der Waals surface area contributed by atoms with Gasteiger partial charge < -0.3 is 24.6 Å². The highest BCUT2D eigenvalue weighted by atomic mass is 16.3. The summed E-state index contributed by atoms with van der Waals surface area (Å²) in [6, 6.07) is 63.7. The molecule has 0 unspecified atom stereocenters. The molecule has 0 bridgehead atoms. The molecule has 0 saturated carbocycles. The summed E-state index contributed by atoms with van der Waals surface area (Å²) < 4.78 is 12.8. The number of anilines is 4. The van der Waals surface area contributed by atoms with E-state index in [0.717, 1.165) is 111 Å². The Bertz CT molecular complexity index is 3340. The Morgan fingerprint density at radius 2 is 0.789 bits per heavy atom. The van der Waals surface area contributed by atoms with Gasteiger partial charge in [-0.15, -0.1) is 0 Å². The number of aromatic hydroxyl groups is 1. The van der Waals surface area contributed by atoms with Crippen molar-refractivity contribution >= 4 is 77.4 Å². The first kappa shape index (κ1) is 32.7. The van der Waals surface area contributed by atoms with E-state index in [9.17, 15) is 5.11 Å². The van der Waals surface area contributed by atoms with Gasteiger partial charge in [-0.3, -0.25) is 0 Å². The van der Waals surface area contributed by atoms with Gasteiger partial charge >= 0.3 is 0 Å². The molecule has 0 aliphatic carbocycles. The number of phenols is 1. The average molecular weight is 735 g/mol. The lowest BCUT2D eigenvalue weighted by Gasteiger charge is -2.17. The highest BCUT2D eigenvalue weighted by molar-refractivity contribution is 6.12. The van der Waals surface area contributed by atoms with E-state index in [0.29, 0.717) is 0 Å². The zero-order chi connectivity index (χ0) is 37.9. The highest BCUT2D eigenvalue weighted by Gasteiger charge is 2.18. The Labute approximate surface area is 328 Å². The van der Waals surface area contributed by atoms with E-state index in [-0.39, 0.29) is 5.75 Å². The molecule has 0 amide bonds. The summed E-state index contributed by atoms with van der Waals surface area (Å²) in [4.78, 5) is 0. The van der Waals surface area contributed by atoms with E-state index in [4.69, 9.17) is 8.83 Å². The Kier molecular flexibility index (Phi) is 7.57. The fourth-order valence-corrected chi connectivity index (χ4v) is 8.35. The van der Waals surface area contributed by atoms with Crippen LogP contribution in [0.5, 0.6) is 5.75 Å². The predicted octanol–water partition coefficient (Wildman–Crippen LogP) is 14.8. The summed E-state index contributed by atoms with van der Waals surface area (Å²) in [7, 11) is 0. The number of para-hydroxylation sites is 6. The third kappa shape index (κ3) is 5.48. The maximum atomic E-state index is 11.6. The zero-order valence-electron chi connectivity index (χ0n) is 30.7. The van der Waals surface area contributed by atoms with Crippen LogP contribution >= 0.6 is 0 Å². The van der Waals surface area contributed by atoms with Crippen molar-refractivity contribution in [1.29, 1.82) is 0 Å². The first-order chi connectivity index (χ1) is 28.2. The lowest BCUT2D eigenvalue weighted by atomic mass is 9.95. The van der Waals surface area contributed by atoms with Gasteiger partial charge in [0, 0.05) is 83.6 Å². The van der Waals surface area contributed by atoms with E-state index in [1.165, 1.54) is 0 Å². The predicted molar refractivity (Wildman–Crippen MR) is 236 cm³/mol. The SMILES string of the molecule is Oc1cc(Nc2ccccc2-c2cccc3c2oc2ccccc23)ccc1-c1ccc(Nc2ccccc2-c2cccc3c2oc2ccccc23)c2ccccc12. The molecule has 0 aliphatic heterocycles. The summed E-state index contributed by atoms with van der Waals surface area (Å²) in [5.41, 5.74) is 12.9. The van der Waals surface area contributed by atoms with E-state index in [1.807, 2.05) is 72.8 Å². The van der Waals surface area contributed by atoms with Gasteiger partial charge in [-0.2, -0.15) is 0 Å². The number of rotatable bonds is 7. The molecule has 57 heavy (non-hydrogen) atoms. The van der Waals surface area contributed by atoms with Crippen LogP contribution in [0.15, 0.2) is 197 Å². The number of fused-ring (bicyclic) bond motifs is 7. The molecule has 270 valence electrons. The number of phenolic OH excluding ortho intramolecular Hbond substituents is 1. The molecular formula is C52H34N2O3. The van der Waals surface area contributed by atoms with Crippen LogP contribution < -0.4 is 10.6 Å². The van der Waals surface area contributed by atoms with Crippen molar-refractivity contribution < 1.29 is 13.9 Å². The summed E-state index contributed by atoms with van der Waals surface area (Å²) in [6.45, 7) is 0. The molecule has 11 aromatic rings. The van der Waals surface area contributed by atoms with E-state index in [1.54, 1.807) is 6.07 Å². The second-order valence-corrected chi connectivity index (χ2v) is 14.3. The highest BCUT2D eigenvalue weighted by Crippen LogP contribution is 2.44. The van der Waals surface area contributed by atoms with Crippen LogP contribution in [0.3, 0.4) is 0 Å². The van der Waals surface area contributed by atoms with E-state index in [2.05, 4.69) is 120 Å². The molecule has 3 N–H and O–H groups in total. The smallest absolute Gasteiger partial charge is 0.143 e. The normalized spacial score (nSPS) is 11.6. The molecule has 0 aliphatic rings. The maximum Gasteiger partial charge on any atom is 0.143 e. The Hall–Kier alpha value is -7.76. The first-order valence-corrected chi connectivity index (χ1v) is 19.1. The maximum absolute atomic E-state index is 11.6. The van der Waals surface area contributed by atoms with Crippen LogP contribution in [0, 0.1) is 0 Å². The monoisotopic (exact) mass is 734 g/mol. The van der Waals surface area contributed by atoms with Crippen molar-refractivity contribution in [2.75, 3.05) is 10.6 Å². The van der Waals surface area contributed by atoms with Crippen molar-refractivity contribution in [3.8, 4) is 39.1 Å². The van der Waals surface area contributed by atoms with Gasteiger partial charge in [-0.1, -0.05) is 140 Å². The minimum Gasteiger partial charge on any atom is -0.507 e. The van der Waals surface area contributed by atoms with Crippen LogP contribution in [0.4, 0.5) is 22.7 Å². The summed E-state index contributed by atoms with van der Waals surface area (Å²) in [6.07, 6.45) is 0. The van der Waals surface area contributed by atoms with Crippen molar-refractivity contribution in [2.45, 2.75) is 0 Å². The molecular weight excluding hydrogens is 701 g/mol. The van der Waals surface area contributed by atoms with Crippen LogP contribution in [0.25, 0.3) is 88.0 Å². The quantitative estimate of drug-likeness (QED) is 0.152. The molecule has 0 atom stereocenters. The summed E-state index contributed by atoms with van der Waals surface area (Å²) in [5.74, 6) is 0.187. The second-order valence-electron chi connectivity index (χ2n) is 14.3. The lowest BCUT2D eigenvalue weighted by molar-refractivity contribution is 0.477. The first-order valence-electron chi connectivity index (χ1n) is 19.1. The molecule has 11 rings (SSSR count). The molecule has 0 radical (unpaired) electrons. The zero-order valence-corrected chi connectivity index (χ0v) is 30.7. The molecule has 2 aromatic heterocycles. The van der Waals surface area contributed by atoms with Crippen molar-refractivity contribution in [2.24, 2.45) is 0 Å². The van der Waals surface area contributed by atoms with Crippen molar-refractivity contribution in [3.63, 3.8) is 0 Å². The Morgan fingerprint density at radius 1 is 0.316 bits per heavy atom. The minimum absolute atomic E-state index is 0.187. The van der Waals surface area contributed by atoms with Gasteiger partial charge in [0.2, 0.25) is 0 Å². The van der Waals surface area contributed by atoms with Crippen LogP contribution in [-0.4, -0.2) is 5.11 Å². The number of hydrogen-bond acceptors (Lipinski definition) is 5. The third-order valence-corrected chi connectivity index (χ3v) is 11.0. The largest absolute Gasteiger partial charge is 0.507 e. The molecule has 5 heteroatoms.